The van der Waals surface area contributed by atoms with Gasteiger partial charge in [0.1, 0.15) is 9.88 Å². The lowest BCUT2D eigenvalue weighted by Crippen LogP contribution is -2.29. The largest absolute Gasteiger partial charge is 0.493 e. The molecule has 0 saturated heterocycles. The number of nitrogens with two attached hydrogens (primary N) is 1. The van der Waals surface area contributed by atoms with Crippen LogP contribution in [0.5, 0.6) is 11.5 Å². The van der Waals surface area contributed by atoms with Gasteiger partial charge in [0.15, 0.2) is 11.5 Å². The fraction of sp³-hybridized carbons (Fsp3) is 0.286. The van der Waals surface area contributed by atoms with Gasteiger partial charge in [-0.25, -0.2) is 10.8 Å². The van der Waals surface area contributed by atoms with E-state index < -0.39 is 0 Å². The quantitative estimate of drug-likeness (QED) is 0.501. The molecule has 7 heteroatoms. The number of nitrogens with zero attached hydrogens (tertiary/aromatic N) is 1. The zero-order chi connectivity index (χ0) is 15.4. The Bertz CT molecular complexity index is 655. The molecule has 0 radical (unpaired) electrons. The molecule has 6 nitrogen and oxygen atoms in total. The van der Waals surface area contributed by atoms with E-state index in [9.17, 15) is 4.79 Å². The van der Waals surface area contributed by atoms with Crippen LogP contribution < -0.4 is 20.7 Å². The zero-order valence-corrected chi connectivity index (χ0v) is 12.9. The van der Waals surface area contributed by atoms with Gasteiger partial charge in [0.2, 0.25) is 0 Å². The van der Waals surface area contributed by atoms with Gasteiger partial charge in [-0.15, -0.1) is 11.3 Å². The van der Waals surface area contributed by atoms with Crippen LogP contribution in [0.2, 0.25) is 0 Å². The lowest BCUT2D eigenvalue weighted by Gasteiger charge is -2.08. The third-order valence-electron chi connectivity index (χ3n) is 3.00. The van der Waals surface area contributed by atoms with Gasteiger partial charge in [0.05, 0.1) is 19.9 Å². The average molecular weight is 307 g/mol. The first-order valence-corrected chi connectivity index (χ1v) is 7.19. The first kappa shape index (κ1) is 15.3. The van der Waals surface area contributed by atoms with Gasteiger partial charge >= 0.3 is 0 Å². The molecule has 112 valence electrons. The van der Waals surface area contributed by atoms with Gasteiger partial charge in [-0.1, -0.05) is 6.92 Å². The van der Waals surface area contributed by atoms with Crippen molar-refractivity contribution in [3.05, 3.63) is 28.8 Å². The molecule has 0 aliphatic carbocycles. The van der Waals surface area contributed by atoms with E-state index >= 15 is 0 Å². The molecule has 0 atom stereocenters. The molecular formula is C14H17N3O3S. The van der Waals surface area contributed by atoms with Crippen LogP contribution in [-0.2, 0) is 6.42 Å². The normalized spacial score (nSPS) is 10.3. The summed E-state index contributed by atoms with van der Waals surface area (Å²) < 4.78 is 10.5. The molecule has 0 unspecified atom stereocenters. The van der Waals surface area contributed by atoms with Gasteiger partial charge in [-0.3, -0.25) is 10.2 Å². The number of benzene rings is 1. The highest BCUT2D eigenvalue weighted by molar-refractivity contribution is 7.17. The van der Waals surface area contributed by atoms with E-state index in [1.54, 1.807) is 14.2 Å². The lowest BCUT2D eigenvalue weighted by molar-refractivity contribution is 0.0956. The fourth-order valence-electron chi connectivity index (χ4n) is 1.93. The molecule has 0 aliphatic heterocycles. The van der Waals surface area contributed by atoms with Crippen LogP contribution in [0.1, 0.15) is 22.3 Å². The van der Waals surface area contributed by atoms with Crippen molar-refractivity contribution in [2.45, 2.75) is 13.3 Å². The number of carbonyl (C=O) groups excluding carboxylic acids is 1. The van der Waals surface area contributed by atoms with Crippen LogP contribution in [0.15, 0.2) is 18.2 Å². The van der Waals surface area contributed by atoms with E-state index in [4.69, 9.17) is 15.3 Å². The molecule has 0 aliphatic rings. The van der Waals surface area contributed by atoms with Gasteiger partial charge < -0.3 is 9.47 Å². The van der Waals surface area contributed by atoms with E-state index in [0.717, 1.165) is 16.3 Å². The van der Waals surface area contributed by atoms with E-state index in [-0.39, 0.29) is 5.91 Å². The van der Waals surface area contributed by atoms with E-state index in [1.165, 1.54) is 11.3 Å². The van der Waals surface area contributed by atoms with E-state index in [0.29, 0.717) is 22.8 Å². The average Bonchev–Trinajstić information content (AvgIpc) is 2.97. The second-order valence-corrected chi connectivity index (χ2v) is 5.19. The number of hydrogen-bond acceptors (Lipinski definition) is 6. The Morgan fingerprint density at radius 3 is 2.62 bits per heavy atom. The Morgan fingerprint density at radius 1 is 1.33 bits per heavy atom. The number of aromatic nitrogens is 1. The molecule has 1 aromatic heterocycles. The van der Waals surface area contributed by atoms with Crippen LogP contribution in [0.3, 0.4) is 0 Å². The second kappa shape index (κ2) is 6.55. The summed E-state index contributed by atoms with van der Waals surface area (Å²) in [7, 11) is 3.16. The maximum absolute atomic E-state index is 11.8. The molecule has 0 saturated carbocycles. The number of thiazole rings is 1. The van der Waals surface area contributed by atoms with Gasteiger partial charge in [0, 0.05) is 5.56 Å². The Hall–Kier alpha value is -2.12. The van der Waals surface area contributed by atoms with Crippen molar-refractivity contribution < 1.29 is 14.3 Å². The van der Waals surface area contributed by atoms with Crippen molar-refractivity contribution in [3.8, 4) is 22.1 Å². The standard InChI is InChI=1S/C14H17N3O3S/c1-4-9-12(13(18)17-15)21-14(16-9)8-5-6-10(19-2)11(7-8)20-3/h5-7H,4,15H2,1-3H3,(H,17,18). The number of carbonyl (C=O) groups is 1. The van der Waals surface area contributed by atoms with E-state index in [1.807, 2.05) is 25.1 Å². The molecule has 0 spiro atoms. The summed E-state index contributed by atoms with van der Waals surface area (Å²) in [6.07, 6.45) is 0.659. The van der Waals surface area contributed by atoms with E-state index in [2.05, 4.69) is 10.4 Å². The Labute approximate surface area is 126 Å². The monoisotopic (exact) mass is 307 g/mol. The maximum Gasteiger partial charge on any atom is 0.277 e. The second-order valence-electron chi connectivity index (χ2n) is 4.19. The summed E-state index contributed by atoms with van der Waals surface area (Å²) in [6, 6.07) is 5.52. The lowest BCUT2D eigenvalue weighted by atomic mass is 10.2. The summed E-state index contributed by atoms with van der Waals surface area (Å²) >= 11 is 1.30. The summed E-state index contributed by atoms with van der Waals surface area (Å²) in [6.45, 7) is 1.95. The van der Waals surface area contributed by atoms with Gasteiger partial charge in [-0.05, 0) is 24.6 Å². The minimum absolute atomic E-state index is 0.323. The fourth-order valence-corrected chi connectivity index (χ4v) is 2.98. The number of hydrazine groups is 1. The summed E-state index contributed by atoms with van der Waals surface area (Å²) in [4.78, 5) is 16.8. The van der Waals surface area contributed by atoms with Crippen molar-refractivity contribution in [1.82, 2.24) is 10.4 Å². The van der Waals surface area contributed by atoms with Crippen molar-refractivity contribution in [2.24, 2.45) is 5.84 Å². The summed E-state index contributed by atoms with van der Waals surface area (Å²) in [5.41, 5.74) is 3.74. The SMILES string of the molecule is CCc1nc(-c2ccc(OC)c(OC)c2)sc1C(=O)NN. The number of aryl methyl sites for hydroxylation is 1. The molecule has 1 aromatic carbocycles. The van der Waals surface area contributed by atoms with Gasteiger partial charge in [-0.2, -0.15) is 0 Å². The number of nitrogens with one attached hydrogen (secondary N) is 1. The minimum Gasteiger partial charge on any atom is -0.493 e. The Balaban J connectivity index is 2.47. The third-order valence-corrected chi connectivity index (χ3v) is 4.15. The number of ether oxygens (including phenoxy) is 2. The predicted molar refractivity (Wildman–Crippen MR) is 81.7 cm³/mol. The molecular weight excluding hydrogens is 290 g/mol. The predicted octanol–water partition coefficient (Wildman–Crippen LogP) is 1.99. The third kappa shape index (κ3) is 2.98. The highest BCUT2D eigenvalue weighted by Gasteiger charge is 2.18. The van der Waals surface area contributed by atoms with Crippen LogP contribution in [0.4, 0.5) is 0 Å². The molecule has 0 fully saturated rings. The maximum atomic E-state index is 11.8. The van der Waals surface area contributed by atoms with Crippen LogP contribution in [-0.4, -0.2) is 25.1 Å². The molecule has 1 amide bonds. The summed E-state index contributed by atoms with van der Waals surface area (Å²) in [5, 5.41) is 0.742. The molecule has 2 rings (SSSR count). The summed E-state index contributed by atoms with van der Waals surface area (Å²) in [5.74, 6) is 6.14. The topological polar surface area (TPSA) is 86.5 Å². The molecule has 0 bridgehead atoms. The first-order valence-electron chi connectivity index (χ1n) is 6.37. The first-order chi connectivity index (χ1) is 10.1. The van der Waals surface area contributed by atoms with Crippen LogP contribution in [0.25, 0.3) is 10.6 Å². The van der Waals surface area contributed by atoms with Crippen molar-refractivity contribution in [1.29, 1.82) is 0 Å². The number of nitrogen functional groups attached to an aromatic ring is 1. The number of hydrogen-bond donors (Lipinski definition) is 2. The van der Waals surface area contributed by atoms with Crippen molar-refractivity contribution in [2.75, 3.05) is 14.2 Å². The van der Waals surface area contributed by atoms with Crippen molar-refractivity contribution in [3.63, 3.8) is 0 Å². The van der Waals surface area contributed by atoms with Crippen LogP contribution >= 0.6 is 11.3 Å². The number of methoxy groups -OCH3 is 2. The minimum atomic E-state index is -0.323. The number of amides is 1. The van der Waals surface area contributed by atoms with Gasteiger partial charge in [0.25, 0.3) is 5.91 Å². The molecule has 3 N–H and O–H groups in total. The smallest absolute Gasteiger partial charge is 0.277 e. The van der Waals surface area contributed by atoms with Crippen molar-refractivity contribution >= 4 is 17.2 Å². The molecule has 1 heterocycles. The molecule has 21 heavy (non-hydrogen) atoms. The zero-order valence-electron chi connectivity index (χ0n) is 12.1. The van der Waals surface area contributed by atoms with Crippen LogP contribution in [0, 0.1) is 0 Å². The highest BCUT2D eigenvalue weighted by Crippen LogP contribution is 2.35. The highest BCUT2D eigenvalue weighted by atomic mass is 32.1. The number of rotatable bonds is 5. The Morgan fingerprint density at radius 2 is 2.05 bits per heavy atom. The Kier molecular flexibility index (Phi) is 4.77. The molecule has 2 aromatic rings.